The highest BCUT2D eigenvalue weighted by atomic mass is 16.5. The highest BCUT2D eigenvalue weighted by Gasteiger charge is 2.26. The highest BCUT2D eigenvalue weighted by Crippen LogP contribution is 2.07. The van der Waals surface area contributed by atoms with Crippen LogP contribution in [-0.4, -0.2) is 30.4 Å². The van der Waals surface area contributed by atoms with Crippen molar-refractivity contribution in [2.45, 2.75) is 39.0 Å². The zero-order valence-electron chi connectivity index (χ0n) is 16.1. The summed E-state index contributed by atoms with van der Waals surface area (Å²) < 4.78 is 5.19. The first-order chi connectivity index (χ1) is 13.5. The number of aldehydes is 1. The van der Waals surface area contributed by atoms with Crippen molar-refractivity contribution in [2.75, 3.05) is 0 Å². The molecule has 0 saturated carbocycles. The van der Waals surface area contributed by atoms with Crippen LogP contribution in [0.3, 0.4) is 0 Å². The Morgan fingerprint density at radius 1 is 0.929 bits per heavy atom. The van der Waals surface area contributed by atoms with Crippen LogP contribution in [0.4, 0.5) is 4.79 Å². The fraction of sp³-hybridized carbons (Fsp3) is 0.318. The van der Waals surface area contributed by atoms with E-state index in [-0.39, 0.29) is 12.5 Å². The van der Waals surface area contributed by atoms with Crippen LogP contribution in [0.2, 0.25) is 0 Å². The maximum absolute atomic E-state index is 12.6. The second-order valence-corrected chi connectivity index (χ2v) is 6.87. The van der Waals surface area contributed by atoms with Gasteiger partial charge in [0.05, 0.1) is 6.04 Å². The summed E-state index contributed by atoms with van der Waals surface area (Å²) in [4.78, 5) is 36.1. The molecule has 0 fully saturated rings. The van der Waals surface area contributed by atoms with Gasteiger partial charge in [-0.15, -0.1) is 0 Å². The number of carbonyl (C=O) groups excluding carboxylic acids is 3. The largest absolute Gasteiger partial charge is 0.445 e. The smallest absolute Gasteiger partial charge is 0.408 e. The summed E-state index contributed by atoms with van der Waals surface area (Å²) in [5, 5.41) is 5.29. The first-order valence-electron chi connectivity index (χ1n) is 9.26. The van der Waals surface area contributed by atoms with Gasteiger partial charge in [0.15, 0.2) is 0 Å². The molecule has 2 atom stereocenters. The van der Waals surface area contributed by atoms with E-state index in [0.29, 0.717) is 12.7 Å². The van der Waals surface area contributed by atoms with Crippen molar-refractivity contribution in [3.63, 3.8) is 0 Å². The van der Waals surface area contributed by atoms with Crippen molar-refractivity contribution < 1.29 is 19.1 Å². The quantitative estimate of drug-likeness (QED) is 0.653. The van der Waals surface area contributed by atoms with Crippen molar-refractivity contribution >= 4 is 18.3 Å². The Morgan fingerprint density at radius 3 is 2.04 bits per heavy atom. The summed E-state index contributed by atoms with van der Waals surface area (Å²) in [6.07, 6.45) is 0.415. The number of amides is 2. The van der Waals surface area contributed by atoms with E-state index in [4.69, 9.17) is 4.74 Å². The first kappa shape index (κ1) is 21.2. The molecule has 148 valence electrons. The van der Waals surface area contributed by atoms with E-state index in [0.717, 1.165) is 11.1 Å². The van der Waals surface area contributed by atoms with Crippen LogP contribution in [0.5, 0.6) is 0 Å². The Hall–Kier alpha value is -3.15. The predicted octanol–water partition coefficient (Wildman–Crippen LogP) is 2.86. The summed E-state index contributed by atoms with van der Waals surface area (Å²) >= 11 is 0. The maximum Gasteiger partial charge on any atom is 0.408 e. The topological polar surface area (TPSA) is 84.5 Å². The van der Waals surface area contributed by atoms with Crippen molar-refractivity contribution in [3.8, 4) is 0 Å². The SMILES string of the molecule is CC(C)[C@@H](NC(=O)OCc1ccccc1)C(=O)N[C@@H](C=O)Cc1ccccc1. The van der Waals surface area contributed by atoms with Crippen LogP contribution in [-0.2, 0) is 27.4 Å². The van der Waals surface area contributed by atoms with Gasteiger partial charge in [0.1, 0.15) is 18.9 Å². The molecule has 2 rings (SSSR count). The van der Waals surface area contributed by atoms with Gasteiger partial charge in [-0.1, -0.05) is 74.5 Å². The van der Waals surface area contributed by atoms with Gasteiger partial charge >= 0.3 is 6.09 Å². The molecule has 6 heteroatoms. The second-order valence-electron chi connectivity index (χ2n) is 6.87. The molecule has 2 amide bonds. The van der Waals surface area contributed by atoms with Crippen LogP contribution in [0, 0.1) is 5.92 Å². The molecule has 0 radical (unpaired) electrons. The molecule has 2 aromatic carbocycles. The molecule has 0 bridgehead atoms. The summed E-state index contributed by atoms with van der Waals surface area (Å²) in [5.74, 6) is -0.590. The van der Waals surface area contributed by atoms with Gasteiger partial charge in [0, 0.05) is 0 Å². The minimum Gasteiger partial charge on any atom is -0.445 e. The van der Waals surface area contributed by atoms with Gasteiger partial charge in [-0.2, -0.15) is 0 Å². The molecule has 0 saturated heterocycles. The molecule has 0 unspecified atom stereocenters. The zero-order chi connectivity index (χ0) is 20.4. The lowest BCUT2D eigenvalue weighted by molar-refractivity contribution is -0.126. The van der Waals surface area contributed by atoms with E-state index >= 15 is 0 Å². The molecule has 0 aliphatic carbocycles. The fourth-order valence-electron chi connectivity index (χ4n) is 2.70. The van der Waals surface area contributed by atoms with Crippen molar-refractivity contribution in [1.82, 2.24) is 10.6 Å². The lowest BCUT2D eigenvalue weighted by Crippen LogP contribution is -2.52. The number of ether oxygens (including phenoxy) is 1. The molecule has 28 heavy (non-hydrogen) atoms. The lowest BCUT2D eigenvalue weighted by atomic mass is 10.0. The lowest BCUT2D eigenvalue weighted by Gasteiger charge is -2.23. The first-order valence-corrected chi connectivity index (χ1v) is 9.26. The van der Waals surface area contributed by atoms with Gasteiger partial charge in [0.2, 0.25) is 5.91 Å². The van der Waals surface area contributed by atoms with E-state index in [1.807, 2.05) is 74.5 Å². The highest BCUT2D eigenvalue weighted by molar-refractivity contribution is 5.87. The summed E-state index contributed by atoms with van der Waals surface area (Å²) in [6.45, 7) is 3.74. The van der Waals surface area contributed by atoms with Crippen LogP contribution in [0.25, 0.3) is 0 Å². The van der Waals surface area contributed by atoms with Gasteiger partial charge < -0.3 is 20.2 Å². The molecule has 0 spiro atoms. The molecule has 0 aliphatic heterocycles. The summed E-state index contributed by atoms with van der Waals surface area (Å²) in [6, 6.07) is 17.2. The van der Waals surface area contributed by atoms with E-state index in [1.165, 1.54) is 0 Å². The predicted molar refractivity (Wildman–Crippen MR) is 107 cm³/mol. The normalized spacial score (nSPS) is 12.7. The van der Waals surface area contributed by atoms with E-state index < -0.39 is 24.1 Å². The number of hydrogen-bond acceptors (Lipinski definition) is 4. The number of nitrogens with one attached hydrogen (secondary N) is 2. The minimum atomic E-state index is -0.804. The maximum atomic E-state index is 12.6. The fourth-order valence-corrected chi connectivity index (χ4v) is 2.70. The molecule has 0 heterocycles. The average molecular weight is 382 g/mol. The standard InChI is InChI=1S/C22H26N2O4/c1-16(2)20(24-22(27)28-15-18-11-7-4-8-12-18)21(26)23-19(14-25)13-17-9-5-3-6-10-17/h3-12,14,16,19-20H,13,15H2,1-2H3,(H,23,26)(H,24,27)/t19-,20-/m1/s1. The number of alkyl carbamates (subject to hydrolysis) is 1. The monoisotopic (exact) mass is 382 g/mol. The van der Waals surface area contributed by atoms with Gasteiger partial charge in [-0.25, -0.2) is 4.79 Å². The third kappa shape index (κ3) is 6.87. The number of carbonyl (C=O) groups is 3. The minimum absolute atomic E-state index is 0.115. The molecule has 2 aromatic rings. The van der Waals surface area contributed by atoms with E-state index in [9.17, 15) is 14.4 Å². The Balaban J connectivity index is 1.90. The zero-order valence-corrected chi connectivity index (χ0v) is 16.1. The molecule has 6 nitrogen and oxygen atoms in total. The van der Waals surface area contributed by atoms with Crippen LogP contribution in [0.15, 0.2) is 60.7 Å². The number of benzene rings is 2. The number of rotatable bonds is 9. The van der Waals surface area contributed by atoms with Gasteiger partial charge in [-0.05, 0) is 23.5 Å². The second kappa shape index (κ2) is 10.9. The Labute approximate surface area is 165 Å². The van der Waals surface area contributed by atoms with Gasteiger partial charge in [0.25, 0.3) is 0 Å². The third-order valence-electron chi connectivity index (χ3n) is 4.23. The molecule has 0 aliphatic rings. The van der Waals surface area contributed by atoms with E-state index in [2.05, 4.69) is 10.6 Å². The average Bonchev–Trinajstić information content (AvgIpc) is 2.71. The third-order valence-corrected chi connectivity index (χ3v) is 4.23. The summed E-state index contributed by atoms with van der Waals surface area (Å²) in [7, 11) is 0. The van der Waals surface area contributed by atoms with Crippen molar-refractivity contribution in [1.29, 1.82) is 0 Å². The van der Waals surface area contributed by atoms with Crippen molar-refractivity contribution in [2.24, 2.45) is 5.92 Å². The van der Waals surface area contributed by atoms with Gasteiger partial charge in [-0.3, -0.25) is 4.79 Å². The van der Waals surface area contributed by atoms with Crippen molar-refractivity contribution in [3.05, 3.63) is 71.8 Å². The van der Waals surface area contributed by atoms with E-state index in [1.54, 1.807) is 0 Å². The van der Waals surface area contributed by atoms with Crippen LogP contribution in [0.1, 0.15) is 25.0 Å². The summed E-state index contributed by atoms with van der Waals surface area (Å²) in [5.41, 5.74) is 1.79. The van der Waals surface area contributed by atoms with Crippen LogP contribution < -0.4 is 10.6 Å². The molecular formula is C22H26N2O4. The van der Waals surface area contributed by atoms with Crippen LogP contribution >= 0.6 is 0 Å². The Morgan fingerprint density at radius 2 is 1.50 bits per heavy atom. The molecule has 2 N–H and O–H groups in total. The Kier molecular flexibility index (Phi) is 8.21. The Bertz CT molecular complexity index is 763. The molecule has 0 aromatic heterocycles. The molecular weight excluding hydrogens is 356 g/mol. The number of hydrogen-bond donors (Lipinski definition) is 2.